The maximum absolute atomic E-state index is 11.4. The van der Waals surface area contributed by atoms with E-state index in [1.807, 2.05) is 36.4 Å². The van der Waals surface area contributed by atoms with Gasteiger partial charge in [-0.3, -0.25) is 4.79 Å². The maximum atomic E-state index is 11.4. The van der Waals surface area contributed by atoms with Crippen LogP contribution in [0.1, 0.15) is 30.7 Å². The molecule has 8 heteroatoms. The zero-order valence-corrected chi connectivity index (χ0v) is 20.0. The highest BCUT2D eigenvalue weighted by Crippen LogP contribution is 2.36. The number of rotatable bonds is 12. The van der Waals surface area contributed by atoms with Gasteiger partial charge in [0.05, 0.1) is 31.0 Å². The van der Waals surface area contributed by atoms with Crippen molar-refractivity contribution in [3.8, 4) is 0 Å². The molecule has 2 N–H and O–H groups in total. The number of carboxylic acids is 1. The van der Waals surface area contributed by atoms with Crippen LogP contribution >= 0.6 is 11.6 Å². The smallest absolute Gasteiger partial charge is 0.304 e. The first-order valence-electron chi connectivity index (χ1n) is 11.2. The number of methoxy groups -OCH3 is 2. The number of nitrogens with one attached hydrogen (secondary N) is 1. The highest BCUT2D eigenvalue weighted by Gasteiger charge is 2.25. The molecule has 0 amide bonds. The van der Waals surface area contributed by atoms with Gasteiger partial charge in [0.15, 0.2) is 0 Å². The molecule has 3 rings (SSSR count). The molecular weight excluding hydrogens is 444 g/mol. The van der Waals surface area contributed by atoms with Gasteiger partial charge in [0.1, 0.15) is 0 Å². The van der Waals surface area contributed by atoms with Crippen LogP contribution < -0.4 is 10.2 Å². The number of hydrogen-bond donors (Lipinski definition) is 2. The number of carbonyl (C=O) groups is 1. The molecule has 180 valence electrons. The van der Waals surface area contributed by atoms with Crippen LogP contribution in [0, 0.1) is 0 Å². The Kier molecular flexibility index (Phi) is 9.81. The van der Waals surface area contributed by atoms with E-state index in [-0.39, 0.29) is 12.3 Å². The Labute approximate surface area is 200 Å². The third-order valence-electron chi connectivity index (χ3n) is 5.88. The minimum absolute atomic E-state index is 0.000917. The molecule has 1 saturated heterocycles. The summed E-state index contributed by atoms with van der Waals surface area (Å²) in [6.45, 7) is 3.15. The lowest BCUT2D eigenvalue weighted by molar-refractivity contribution is -0.137. The standard InChI is InChI=1S/C25H33ClN2O5/c1-31-14-11-28(22-9-12-33-13-10-22)24-8-3-18(19(17-32-2)16-25(29)30)15-23(24)27-21-6-4-20(26)5-7-21/h3-8,15,19,22,27H,9-14,16-17H2,1-2H3,(H,29,30). The Morgan fingerprint density at radius 1 is 1.18 bits per heavy atom. The number of ether oxygens (including phenoxy) is 3. The molecule has 0 spiro atoms. The molecule has 0 radical (unpaired) electrons. The first kappa shape index (κ1) is 25.3. The minimum Gasteiger partial charge on any atom is -0.481 e. The summed E-state index contributed by atoms with van der Waals surface area (Å²) in [6.07, 6.45) is 1.88. The predicted octanol–water partition coefficient (Wildman–Crippen LogP) is 4.92. The Morgan fingerprint density at radius 2 is 1.91 bits per heavy atom. The Hall–Kier alpha value is -2.32. The summed E-state index contributed by atoms with van der Waals surface area (Å²) in [5.74, 6) is -1.10. The van der Waals surface area contributed by atoms with Crippen molar-refractivity contribution in [2.75, 3.05) is 57.4 Å². The normalized spacial score (nSPS) is 15.2. The largest absolute Gasteiger partial charge is 0.481 e. The van der Waals surface area contributed by atoms with Gasteiger partial charge >= 0.3 is 5.97 Å². The number of halogens is 1. The van der Waals surface area contributed by atoms with Crippen LogP contribution in [0.5, 0.6) is 0 Å². The van der Waals surface area contributed by atoms with Crippen LogP contribution in [-0.2, 0) is 19.0 Å². The SMILES string of the molecule is COCCN(c1ccc(C(COC)CC(=O)O)cc1Nc1ccc(Cl)cc1)C1CCOCC1. The van der Waals surface area contributed by atoms with E-state index in [9.17, 15) is 9.90 Å². The highest BCUT2D eigenvalue weighted by atomic mass is 35.5. The number of carboxylic acid groups (broad SMARTS) is 1. The van der Waals surface area contributed by atoms with Crippen molar-refractivity contribution < 1.29 is 24.1 Å². The fourth-order valence-corrected chi connectivity index (χ4v) is 4.34. The molecule has 7 nitrogen and oxygen atoms in total. The second-order valence-corrected chi connectivity index (χ2v) is 8.62. The molecule has 2 aromatic carbocycles. The van der Waals surface area contributed by atoms with Crippen LogP contribution in [0.3, 0.4) is 0 Å². The van der Waals surface area contributed by atoms with Crippen molar-refractivity contribution in [2.24, 2.45) is 0 Å². The molecule has 1 aliphatic rings. The fraction of sp³-hybridized carbons (Fsp3) is 0.480. The van der Waals surface area contributed by atoms with Crippen LogP contribution in [0.15, 0.2) is 42.5 Å². The second-order valence-electron chi connectivity index (χ2n) is 8.19. The number of anilines is 3. The molecule has 0 bridgehead atoms. The number of nitrogens with zero attached hydrogens (tertiary/aromatic N) is 1. The van der Waals surface area contributed by atoms with E-state index in [1.54, 1.807) is 14.2 Å². The summed E-state index contributed by atoms with van der Waals surface area (Å²) in [5, 5.41) is 13.6. The zero-order chi connectivity index (χ0) is 23.6. The second kappa shape index (κ2) is 12.8. The zero-order valence-electron chi connectivity index (χ0n) is 19.3. The molecule has 33 heavy (non-hydrogen) atoms. The summed E-state index contributed by atoms with van der Waals surface area (Å²) in [5.41, 5.74) is 3.77. The summed E-state index contributed by atoms with van der Waals surface area (Å²) in [6, 6.07) is 14.0. The van der Waals surface area contributed by atoms with Crippen LogP contribution in [0.2, 0.25) is 5.02 Å². The highest BCUT2D eigenvalue weighted by molar-refractivity contribution is 6.30. The van der Waals surface area contributed by atoms with E-state index in [4.69, 9.17) is 25.8 Å². The van der Waals surface area contributed by atoms with Crippen LogP contribution in [-0.4, -0.2) is 64.3 Å². The summed E-state index contributed by atoms with van der Waals surface area (Å²) < 4.78 is 16.3. The predicted molar refractivity (Wildman–Crippen MR) is 131 cm³/mol. The van der Waals surface area contributed by atoms with Gasteiger partial charge in [-0.15, -0.1) is 0 Å². The molecule has 1 aliphatic heterocycles. The lowest BCUT2D eigenvalue weighted by Gasteiger charge is -2.37. The Bertz CT molecular complexity index is 887. The van der Waals surface area contributed by atoms with Crippen molar-refractivity contribution in [1.82, 2.24) is 0 Å². The third kappa shape index (κ3) is 7.33. The van der Waals surface area contributed by atoms with Crippen LogP contribution in [0.4, 0.5) is 17.1 Å². The van der Waals surface area contributed by atoms with E-state index < -0.39 is 5.97 Å². The minimum atomic E-state index is -0.850. The van der Waals surface area contributed by atoms with Crippen molar-refractivity contribution in [3.63, 3.8) is 0 Å². The molecular formula is C25H33ClN2O5. The molecule has 2 aromatic rings. The number of benzene rings is 2. The molecule has 1 unspecified atom stereocenters. The van der Waals surface area contributed by atoms with Gasteiger partial charge in [-0.2, -0.15) is 0 Å². The fourth-order valence-electron chi connectivity index (χ4n) is 4.22. The third-order valence-corrected chi connectivity index (χ3v) is 6.13. The number of aliphatic carboxylic acids is 1. The lowest BCUT2D eigenvalue weighted by atomic mass is 9.94. The quantitative estimate of drug-likeness (QED) is 0.450. The van der Waals surface area contributed by atoms with E-state index in [1.165, 1.54) is 0 Å². The van der Waals surface area contributed by atoms with Gasteiger partial charge in [-0.1, -0.05) is 17.7 Å². The van der Waals surface area contributed by atoms with Crippen molar-refractivity contribution in [3.05, 3.63) is 53.1 Å². The van der Waals surface area contributed by atoms with Gasteiger partial charge in [-0.25, -0.2) is 0 Å². The summed E-state index contributed by atoms with van der Waals surface area (Å²) in [4.78, 5) is 13.8. The van der Waals surface area contributed by atoms with E-state index in [0.717, 1.165) is 55.2 Å². The first-order valence-corrected chi connectivity index (χ1v) is 11.6. The summed E-state index contributed by atoms with van der Waals surface area (Å²) in [7, 11) is 3.30. The van der Waals surface area contributed by atoms with Gasteiger partial charge in [0, 0.05) is 56.6 Å². The Morgan fingerprint density at radius 3 is 2.55 bits per heavy atom. The van der Waals surface area contributed by atoms with Crippen molar-refractivity contribution in [1.29, 1.82) is 0 Å². The average Bonchev–Trinajstić information content (AvgIpc) is 2.81. The molecule has 1 fully saturated rings. The average molecular weight is 477 g/mol. The van der Waals surface area contributed by atoms with Gasteiger partial charge < -0.3 is 29.5 Å². The number of hydrogen-bond acceptors (Lipinski definition) is 6. The van der Waals surface area contributed by atoms with E-state index in [0.29, 0.717) is 24.3 Å². The van der Waals surface area contributed by atoms with Gasteiger partial charge in [0.2, 0.25) is 0 Å². The molecule has 0 saturated carbocycles. The van der Waals surface area contributed by atoms with Crippen LogP contribution in [0.25, 0.3) is 0 Å². The molecule has 1 atom stereocenters. The first-order chi connectivity index (χ1) is 16.0. The monoisotopic (exact) mass is 476 g/mol. The van der Waals surface area contributed by atoms with Gasteiger partial charge in [-0.05, 0) is 54.8 Å². The topological polar surface area (TPSA) is 80.3 Å². The van der Waals surface area contributed by atoms with Gasteiger partial charge in [0.25, 0.3) is 0 Å². The van der Waals surface area contributed by atoms with E-state index >= 15 is 0 Å². The molecule has 0 aliphatic carbocycles. The van der Waals surface area contributed by atoms with Crippen molar-refractivity contribution in [2.45, 2.75) is 31.2 Å². The van der Waals surface area contributed by atoms with Crippen molar-refractivity contribution >= 4 is 34.6 Å². The lowest BCUT2D eigenvalue weighted by Crippen LogP contribution is -2.41. The maximum Gasteiger partial charge on any atom is 0.304 e. The molecule has 0 aromatic heterocycles. The molecule has 1 heterocycles. The summed E-state index contributed by atoms with van der Waals surface area (Å²) >= 11 is 6.07. The Balaban J connectivity index is 2.01. The van der Waals surface area contributed by atoms with E-state index in [2.05, 4.69) is 16.3 Å².